The van der Waals surface area contributed by atoms with Gasteiger partial charge >= 0.3 is 12.4 Å². The fraction of sp³-hybridized carbons (Fsp3) is 0.412. The predicted molar refractivity (Wildman–Crippen MR) is 97.4 cm³/mol. The van der Waals surface area contributed by atoms with Gasteiger partial charge in [-0.15, -0.1) is 10.2 Å². The molecule has 160 valence electrons. The molecule has 0 bridgehead atoms. The molecule has 0 unspecified atom stereocenters. The lowest BCUT2D eigenvalue weighted by molar-refractivity contribution is -0.138. The van der Waals surface area contributed by atoms with E-state index < -0.39 is 51.9 Å². The number of nitrogens with two attached hydrogens (primary N) is 3. The molecule has 0 spiro atoms. The Morgan fingerprint density at radius 1 is 0.759 bits per heavy atom. The molecule has 0 aliphatic carbocycles. The first-order valence-corrected chi connectivity index (χ1v) is 8.59. The van der Waals surface area contributed by atoms with Crippen LogP contribution in [-0.2, 0) is 12.4 Å². The number of halogens is 6. The minimum atomic E-state index is -4.86. The lowest BCUT2D eigenvalue weighted by atomic mass is 10.00. The van der Waals surface area contributed by atoms with Crippen molar-refractivity contribution in [2.45, 2.75) is 31.6 Å². The Labute approximate surface area is 162 Å². The number of nitrogens with one attached hydrogen (secondary N) is 1. The summed E-state index contributed by atoms with van der Waals surface area (Å²) in [4.78, 5) is 0. The van der Waals surface area contributed by atoms with E-state index in [9.17, 15) is 26.3 Å². The van der Waals surface area contributed by atoms with Crippen LogP contribution in [0.5, 0.6) is 0 Å². The molecule has 1 aliphatic heterocycles. The molecule has 1 aromatic carbocycles. The van der Waals surface area contributed by atoms with Crippen LogP contribution in [0.15, 0.2) is 18.2 Å². The van der Waals surface area contributed by atoms with E-state index in [1.807, 2.05) is 0 Å². The van der Waals surface area contributed by atoms with Gasteiger partial charge in [0.05, 0.1) is 22.5 Å². The van der Waals surface area contributed by atoms with Crippen LogP contribution in [0.4, 0.5) is 43.5 Å². The van der Waals surface area contributed by atoms with E-state index in [0.29, 0.717) is 12.1 Å². The first kappa shape index (κ1) is 22.5. The number of hydrogen-bond acceptors (Lipinski definition) is 6. The SMILES string of the molecule is C1CCNCC1.Nc1cc(C(F)(F)F)c(-c2ccc(C(F)(F)F)c(N)c2N)nn1. The van der Waals surface area contributed by atoms with Crippen molar-refractivity contribution in [2.75, 3.05) is 30.3 Å². The Kier molecular flexibility index (Phi) is 6.77. The van der Waals surface area contributed by atoms with Crippen LogP contribution in [-0.4, -0.2) is 23.3 Å². The van der Waals surface area contributed by atoms with Gasteiger partial charge in [0.15, 0.2) is 0 Å². The Bertz CT molecular complexity index is 834. The second-order valence-corrected chi connectivity index (χ2v) is 6.33. The Balaban J connectivity index is 0.000000426. The molecule has 2 heterocycles. The van der Waals surface area contributed by atoms with Gasteiger partial charge in [-0.2, -0.15) is 26.3 Å². The monoisotopic (exact) mass is 422 g/mol. The highest BCUT2D eigenvalue weighted by molar-refractivity contribution is 5.86. The summed E-state index contributed by atoms with van der Waals surface area (Å²) in [5.41, 5.74) is 10.7. The molecule has 1 saturated heterocycles. The number of anilines is 3. The zero-order valence-corrected chi connectivity index (χ0v) is 15.2. The second-order valence-electron chi connectivity index (χ2n) is 6.33. The highest BCUT2D eigenvalue weighted by atomic mass is 19.4. The van der Waals surface area contributed by atoms with Crippen molar-refractivity contribution in [3.05, 3.63) is 29.3 Å². The number of aromatic nitrogens is 2. The van der Waals surface area contributed by atoms with E-state index in [1.165, 1.54) is 32.4 Å². The molecule has 29 heavy (non-hydrogen) atoms. The van der Waals surface area contributed by atoms with Crippen molar-refractivity contribution in [1.29, 1.82) is 0 Å². The van der Waals surface area contributed by atoms with E-state index in [2.05, 4.69) is 15.5 Å². The summed E-state index contributed by atoms with van der Waals surface area (Å²) >= 11 is 0. The van der Waals surface area contributed by atoms with Crippen LogP contribution in [0.3, 0.4) is 0 Å². The number of benzene rings is 1. The number of piperidine rings is 1. The Morgan fingerprint density at radius 2 is 1.34 bits per heavy atom. The number of rotatable bonds is 1. The molecule has 3 rings (SSSR count). The lowest BCUT2D eigenvalue weighted by Crippen LogP contribution is -2.21. The minimum absolute atomic E-state index is 0.421. The number of nitrogen functional groups attached to an aromatic ring is 3. The van der Waals surface area contributed by atoms with E-state index >= 15 is 0 Å². The fourth-order valence-electron chi connectivity index (χ4n) is 2.71. The zero-order chi connectivity index (χ0) is 21.8. The average Bonchev–Trinajstić information content (AvgIpc) is 2.64. The third-order valence-electron chi connectivity index (χ3n) is 4.17. The summed E-state index contributed by atoms with van der Waals surface area (Å²) in [6.45, 7) is 2.50. The van der Waals surface area contributed by atoms with Gasteiger partial charge in [-0.1, -0.05) is 6.42 Å². The van der Waals surface area contributed by atoms with Crippen LogP contribution >= 0.6 is 0 Å². The van der Waals surface area contributed by atoms with Crippen LogP contribution in [0.1, 0.15) is 30.4 Å². The summed E-state index contributed by atoms with van der Waals surface area (Å²) in [7, 11) is 0. The normalized spacial score (nSPS) is 14.8. The van der Waals surface area contributed by atoms with Gasteiger partial charge in [0.1, 0.15) is 11.5 Å². The van der Waals surface area contributed by atoms with Gasteiger partial charge in [0.2, 0.25) is 0 Å². The topological polar surface area (TPSA) is 116 Å². The predicted octanol–water partition coefficient (Wildman–Crippen LogP) is 3.69. The molecule has 1 fully saturated rings. The average molecular weight is 422 g/mol. The van der Waals surface area contributed by atoms with Crippen molar-refractivity contribution in [2.24, 2.45) is 0 Å². The molecular weight excluding hydrogens is 402 g/mol. The fourth-order valence-corrected chi connectivity index (χ4v) is 2.71. The van der Waals surface area contributed by atoms with E-state index in [1.54, 1.807) is 0 Å². The van der Waals surface area contributed by atoms with E-state index in [4.69, 9.17) is 17.2 Å². The summed E-state index contributed by atoms with van der Waals surface area (Å²) in [6, 6.07) is 1.79. The maximum Gasteiger partial charge on any atom is 0.418 e. The van der Waals surface area contributed by atoms with Crippen molar-refractivity contribution >= 4 is 17.2 Å². The standard InChI is InChI=1S/C12H9F6N5.C5H11N/c13-11(14,15)5-2-1-4(8(20)9(5)21)10-6(12(16,17)18)3-7(19)22-23-10;1-2-4-6-5-3-1/h1-3H,20-21H2,(H2,19,22);6H,1-5H2. The van der Waals surface area contributed by atoms with Gasteiger partial charge < -0.3 is 22.5 Å². The molecule has 2 aromatic rings. The van der Waals surface area contributed by atoms with Crippen LogP contribution in [0, 0.1) is 0 Å². The van der Waals surface area contributed by atoms with Crippen LogP contribution in [0.2, 0.25) is 0 Å². The third-order valence-corrected chi connectivity index (χ3v) is 4.17. The molecule has 7 N–H and O–H groups in total. The first-order valence-electron chi connectivity index (χ1n) is 8.59. The molecule has 0 atom stereocenters. The quantitative estimate of drug-likeness (QED) is 0.412. The van der Waals surface area contributed by atoms with Gasteiger partial charge in [0, 0.05) is 5.56 Å². The van der Waals surface area contributed by atoms with E-state index in [0.717, 1.165) is 6.07 Å². The summed E-state index contributed by atoms with van der Waals surface area (Å²) in [5, 5.41) is 9.86. The number of alkyl halides is 6. The first-order chi connectivity index (χ1) is 13.4. The lowest BCUT2D eigenvalue weighted by Gasteiger charge is -2.17. The van der Waals surface area contributed by atoms with Crippen molar-refractivity contribution in [1.82, 2.24) is 15.5 Å². The minimum Gasteiger partial charge on any atom is -0.397 e. The van der Waals surface area contributed by atoms with Crippen LogP contribution in [0.25, 0.3) is 11.3 Å². The smallest absolute Gasteiger partial charge is 0.397 e. The van der Waals surface area contributed by atoms with Gasteiger partial charge in [-0.25, -0.2) is 0 Å². The third kappa shape index (κ3) is 5.62. The number of hydrogen-bond donors (Lipinski definition) is 4. The molecule has 0 radical (unpaired) electrons. The Morgan fingerprint density at radius 3 is 1.79 bits per heavy atom. The summed E-state index contributed by atoms with van der Waals surface area (Å²) in [6.07, 6.45) is -5.44. The molecule has 1 aliphatic rings. The molecule has 0 saturated carbocycles. The highest BCUT2D eigenvalue weighted by Gasteiger charge is 2.38. The maximum absolute atomic E-state index is 13.0. The molecule has 0 amide bonds. The molecule has 6 nitrogen and oxygen atoms in total. The second kappa shape index (κ2) is 8.72. The zero-order valence-electron chi connectivity index (χ0n) is 15.2. The highest BCUT2D eigenvalue weighted by Crippen LogP contribution is 2.43. The van der Waals surface area contributed by atoms with Crippen molar-refractivity contribution in [3.63, 3.8) is 0 Å². The van der Waals surface area contributed by atoms with Crippen molar-refractivity contribution < 1.29 is 26.3 Å². The maximum atomic E-state index is 13.0. The summed E-state index contributed by atoms with van der Waals surface area (Å²) < 4.78 is 77.3. The molecule has 12 heteroatoms. The van der Waals surface area contributed by atoms with Crippen molar-refractivity contribution in [3.8, 4) is 11.3 Å². The molecular formula is C17H20F6N6. The number of nitrogens with zero attached hydrogens (tertiary/aromatic N) is 2. The van der Waals surface area contributed by atoms with Crippen LogP contribution < -0.4 is 22.5 Å². The van der Waals surface area contributed by atoms with Gasteiger partial charge in [0.25, 0.3) is 0 Å². The largest absolute Gasteiger partial charge is 0.418 e. The summed E-state index contributed by atoms with van der Waals surface area (Å²) in [5.74, 6) is -0.500. The Hall–Kier alpha value is -2.76. The van der Waals surface area contributed by atoms with E-state index in [-0.39, 0.29) is 0 Å². The van der Waals surface area contributed by atoms with Gasteiger partial charge in [-0.3, -0.25) is 0 Å². The molecule has 1 aromatic heterocycles. The van der Waals surface area contributed by atoms with Gasteiger partial charge in [-0.05, 0) is 44.1 Å².